The molecule has 200 valence electrons. The Labute approximate surface area is 227 Å². The molecule has 0 bridgehead atoms. The quantitative estimate of drug-likeness (QED) is 0.441. The Morgan fingerprint density at radius 3 is 2.53 bits per heavy atom. The molecular weight excluding hydrogens is 470 g/mol. The minimum atomic E-state index is 0.215. The maximum atomic E-state index is 13.2. The molecule has 0 unspecified atom stereocenters. The number of aromatic nitrogens is 1. The molecule has 0 radical (unpaired) electrons. The first-order valence-electron chi connectivity index (χ1n) is 14.3. The second kappa shape index (κ2) is 12.6. The lowest BCUT2D eigenvalue weighted by Crippen LogP contribution is -2.49. The van der Waals surface area contributed by atoms with Gasteiger partial charge in [0.15, 0.2) is 0 Å². The minimum Gasteiger partial charge on any atom is -0.492 e. The van der Waals surface area contributed by atoms with Crippen LogP contribution in [0.25, 0.3) is 0 Å². The van der Waals surface area contributed by atoms with Gasteiger partial charge in [-0.2, -0.15) is 0 Å². The van der Waals surface area contributed by atoms with E-state index in [0.29, 0.717) is 13.0 Å². The van der Waals surface area contributed by atoms with E-state index < -0.39 is 0 Å². The fourth-order valence-electron chi connectivity index (χ4n) is 6.16. The number of ether oxygens (including phenoxy) is 1. The van der Waals surface area contributed by atoms with E-state index >= 15 is 0 Å². The standard InChI is InChI=1S/C33H41N3O2/c1-27-10-2-3-13-29(27)24-32(37)36-20-17-33(18-21-36)16-8-6-12-28-11-4-5-15-31(28)38-23-22-35(26-33)25-30-14-7-9-19-34-30/h2-5,7,9-11,13-15,19H,6,8,12,16-18,20-26H2,1H3. The van der Waals surface area contributed by atoms with Gasteiger partial charge in [-0.1, -0.05) is 55.0 Å². The average Bonchev–Trinajstić information content (AvgIpc) is 2.93. The van der Waals surface area contributed by atoms with E-state index in [1.807, 2.05) is 24.4 Å². The largest absolute Gasteiger partial charge is 0.492 e. The van der Waals surface area contributed by atoms with Crippen molar-refractivity contribution in [2.45, 2.75) is 58.4 Å². The number of carbonyl (C=O) groups excluding carboxylic acids is 1. The molecule has 3 aromatic rings. The van der Waals surface area contributed by atoms with Crippen LogP contribution in [0.3, 0.4) is 0 Å². The highest BCUT2D eigenvalue weighted by Crippen LogP contribution is 2.39. The van der Waals surface area contributed by atoms with Crippen molar-refractivity contribution in [1.82, 2.24) is 14.8 Å². The second-order valence-electron chi connectivity index (χ2n) is 11.2. The average molecular weight is 512 g/mol. The third kappa shape index (κ3) is 6.82. The van der Waals surface area contributed by atoms with Crippen LogP contribution in [0.4, 0.5) is 0 Å². The van der Waals surface area contributed by atoms with Crippen LogP contribution in [-0.2, 0) is 24.2 Å². The Morgan fingerprint density at radius 2 is 1.71 bits per heavy atom. The summed E-state index contributed by atoms with van der Waals surface area (Å²) in [5, 5.41) is 0. The zero-order valence-corrected chi connectivity index (χ0v) is 22.8. The Bertz CT molecular complexity index is 1190. The summed E-state index contributed by atoms with van der Waals surface area (Å²) < 4.78 is 6.30. The maximum absolute atomic E-state index is 13.2. The van der Waals surface area contributed by atoms with Crippen LogP contribution in [-0.4, -0.2) is 53.5 Å². The molecule has 5 rings (SSSR count). The van der Waals surface area contributed by atoms with E-state index in [1.54, 1.807) is 0 Å². The molecule has 1 fully saturated rings. The van der Waals surface area contributed by atoms with Crippen molar-refractivity contribution >= 4 is 5.91 Å². The summed E-state index contributed by atoms with van der Waals surface area (Å²) in [6.45, 7) is 7.17. The van der Waals surface area contributed by atoms with E-state index in [9.17, 15) is 4.79 Å². The SMILES string of the molecule is Cc1ccccc1CC(=O)N1CCC2(CCCCc3ccccc3OCCN(Cc3ccccn3)C2)CC1. The fraction of sp³-hybridized carbons (Fsp3) is 0.455. The molecule has 0 saturated carbocycles. The van der Waals surface area contributed by atoms with Gasteiger partial charge in [-0.3, -0.25) is 14.7 Å². The Morgan fingerprint density at radius 1 is 0.921 bits per heavy atom. The summed E-state index contributed by atoms with van der Waals surface area (Å²) in [5.41, 5.74) is 4.97. The van der Waals surface area contributed by atoms with Gasteiger partial charge in [0.25, 0.3) is 0 Å². The number of hydrogen-bond donors (Lipinski definition) is 0. The van der Waals surface area contributed by atoms with Crippen LogP contribution in [0.1, 0.15) is 54.5 Å². The highest BCUT2D eigenvalue weighted by molar-refractivity contribution is 5.79. The van der Waals surface area contributed by atoms with Crippen molar-refractivity contribution in [3.8, 4) is 5.75 Å². The van der Waals surface area contributed by atoms with E-state index in [4.69, 9.17) is 4.74 Å². The first-order valence-corrected chi connectivity index (χ1v) is 14.3. The van der Waals surface area contributed by atoms with Gasteiger partial charge in [0.1, 0.15) is 12.4 Å². The predicted molar refractivity (Wildman–Crippen MR) is 152 cm³/mol. The maximum Gasteiger partial charge on any atom is 0.226 e. The van der Waals surface area contributed by atoms with E-state index in [1.165, 1.54) is 24.0 Å². The molecule has 1 saturated heterocycles. The molecule has 5 nitrogen and oxygen atoms in total. The molecule has 0 N–H and O–H groups in total. The third-order valence-corrected chi connectivity index (χ3v) is 8.49. The molecule has 1 spiro atoms. The number of amides is 1. The number of para-hydroxylation sites is 1. The Balaban J connectivity index is 1.29. The number of nitrogens with zero attached hydrogens (tertiary/aromatic N) is 3. The number of aryl methyl sites for hydroxylation is 2. The van der Waals surface area contributed by atoms with Gasteiger partial charge in [-0.05, 0) is 79.3 Å². The minimum absolute atomic E-state index is 0.215. The van der Waals surface area contributed by atoms with Crippen molar-refractivity contribution in [3.63, 3.8) is 0 Å². The van der Waals surface area contributed by atoms with Crippen LogP contribution in [0.5, 0.6) is 5.75 Å². The highest BCUT2D eigenvalue weighted by atomic mass is 16.5. The molecular formula is C33H41N3O2. The highest BCUT2D eigenvalue weighted by Gasteiger charge is 2.37. The van der Waals surface area contributed by atoms with Crippen molar-refractivity contribution in [2.75, 3.05) is 32.8 Å². The number of rotatable bonds is 4. The number of hydrogen-bond acceptors (Lipinski definition) is 4. The first-order chi connectivity index (χ1) is 18.6. The summed E-state index contributed by atoms with van der Waals surface area (Å²) >= 11 is 0. The van der Waals surface area contributed by atoms with Crippen molar-refractivity contribution in [1.29, 1.82) is 0 Å². The van der Waals surface area contributed by atoms with Gasteiger partial charge in [0.2, 0.25) is 5.91 Å². The van der Waals surface area contributed by atoms with Crippen molar-refractivity contribution < 1.29 is 9.53 Å². The van der Waals surface area contributed by atoms with Gasteiger partial charge in [0, 0.05) is 38.9 Å². The van der Waals surface area contributed by atoms with Crippen LogP contribution < -0.4 is 4.74 Å². The summed E-state index contributed by atoms with van der Waals surface area (Å²) in [5.74, 6) is 1.29. The van der Waals surface area contributed by atoms with E-state index in [-0.39, 0.29) is 11.3 Å². The van der Waals surface area contributed by atoms with Crippen LogP contribution in [0.2, 0.25) is 0 Å². The lowest BCUT2D eigenvalue weighted by Gasteiger charge is -2.45. The molecule has 2 aliphatic rings. The topological polar surface area (TPSA) is 45.7 Å². The molecule has 1 aromatic heterocycles. The molecule has 38 heavy (non-hydrogen) atoms. The molecule has 0 aliphatic carbocycles. The van der Waals surface area contributed by atoms with Crippen LogP contribution >= 0.6 is 0 Å². The summed E-state index contributed by atoms with van der Waals surface area (Å²) in [6, 6.07) is 22.9. The zero-order valence-electron chi connectivity index (χ0n) is 22.8. The Hall–Kier alpha value is -3.18. The lowest BCUT2D eigenvalue weighted by molar-refractivity contribution is -0.133. The zero-order chi connectivity index (χ0) is 26.2. The van der Waals surface area contributed by atoms with Gasteiger partial charge in [0.05, 0.1) is 12.1 Å². The second-order valence-corrected chi connectivity index (χ2v) is 11.2. The van der Waals surface area contributed by atoms with Crippen LogP contribution in [0.15, 0.2) is 72.9 Å². The third-order valence-electron chi connectivity index (χ3n) is 8.49. The lowest BCUT2D eigenvalue weighted by atomic mass is 9.73. The van der Waals surface area contributed by atoms with Gasteiger partial charge in [-0.15, -0.1) is 0 Å². The molecule has 5 heteroatoms. The number of pyridine rings is 1. The van der Waals surface area contributed by atoms with E-state index in [2.05, 4.69) is 70.2 Å². The van der Waals surface area contributed by atoms with Gasteiger partial charge < -0.3 is 9.64 Å². The molecule has 1 amide bonds. The number of carbonyl (C=O) groups is 1. The molecule has 0 atom stereocenters. The summed E-state index contributed by atoms with van der Waals surface area (Å²) in [6.07, 6.45) is 9.13. The van der Waals surface area contributed by atoms with Gasteiger partial charge >= 0.3 is 0 Å². The number of benzene rings is 2. The monoisotopic (exact) mass is 511 g/mol. The summed E-state index contributed by atoms with van der Waals surface area (Å²) in [4.78, 5) is 22.5. The van der Waals surface area contributed by atoms with Crippen molar-refractivity contribution in [3.05, 3.63) is 95.3 Å². The fourth-order valence-corrected chi connectivity index (χ4v) is 6.16. The number of likely N-dealkylation sites (tertiary alicyclic amines) is 1. The van der Waals surface area contributed by atoms with Gasteiger partial charge in [-0.25, -0.2) is 0 Å². The first kappa shape index (κ1) is 26.4. The van der Waals surface area contributed by atoms with Crippen LogP contribution in [0, 0.1) is 12.3 Å². The molecule has 2 aromatic carbocycles. The number of fused-ring (bicyclic) bond motifs is 1. The molecule has 2 aliphatic heterocycles. The normalized spacial score (nSPS) is 18.6. The molecule has 3 heterocycles. The smallest absolute Gasteiger partial charge is 0.226 e. The number of piperidine rings is 1. The van der Waals surface area contributed by atoms with E-state index in [0.717, 1.165) is 75.4 Å². The summed E-state index contributed by atoms with van der Waals surface area (Å²) in [7, 11) is 0. The van der Waals surface area contributed by atoms with Crippen molar-refractivity contribution in [2.24, 2.45) is 5.41 Å². The predicted octanol–water partition coefficient (Wildman–Crippen LogP) is 5.85. The Kier molecular flexibility index (Phi) is 8.75.